The van der Waals surface area contributed by atoms with E-state index >= 15 is 0 Å². The molecule has 0 bridgehead atoms. The van der Waals surface area contributed by atoms with Gasteiger partial charge in [0.25, 0.3) is 5.91 Å². The number of rotatable bonds is 4. The molecule has 0 saturated heterocycles. The molecule has 3 rings (SSSR count). The van der Waals surface area contributed by atoms with Crippen LogP contribution in [-0.2, 0) is 4.79 Å². The minimum absolute atomic E-state index is 0.139. The number of hydrogen-bond acceptors (Lipinski definition) is 4. The van der Waals surface area contributed by atoms with Crippen LogP contribution in [0.2, 0.25) is 10.2 Å². The fourth-order valence-corrected chi connectivity index (χ4v) is 2.86. The van der Waals surface area contributed by atoms with Crippen molar-refractivity contribution >= 4 is 46.4 Å². The maximum Gasteiger partial charge on any atom is 0.274 e. The molecule has 0 spiro atoms. The summed E-state index contributed by atoms with van der Waals surface area (Å²) in [5.41, 5.74) is 2.20. The predicted molar refractivity (Wildman–Crippen MR) is 105 cm³/mol. The average Bonchev–Trinajstić information content (AvgIpc) is 2.99. The van der Waals surface area contributed by atoms with Gasteiger partial charge in [0, 0.05) is 30.6 Å². The van der Waals surface area contributed by atoms with Crippen molar-refractivity contribution in [3.05, 3.63) is 64.0 Å². The first-order valence-electron chi connectivity index (χ1n) is 7.91. The monoisotopic (exact) mass is 403 g/mol. The van der Waals surface area contributed by atoms with Gasteiger partial charge in [0.2, 0.25) is 5.91 Å². The molecule has 0 aliphatic carbocycles. The van der Waals surface area contributed by atoms with Gasteiger partial charge in [-0.15, -0.1) is 0 Å². The Balaban J connectivity index is 1.90. The van der Waals surface area contributed by atoms with E-state index in [0.29, 0.717) is 22.2 Å². The van der Waals surface area contributed by atoms with Crippen LogP contribution in [0, 0.1) is 6.92 Å². The lowest BCUT2D eigenvalue weighted by Gasteiger charge is -2.12. The summed E-state index contributed by atoms with van der Waals surface area (Å²) >= 11 is 12.1. The quantitative estimate of drug-likeness (QED) is 0.686. The molecule has 2 aromatic heterocycles. The van der Waals surface area contributed by atoms with Gasteiger partial charge in [-0.2, -0.15) is 5.10 Å². The molecule has 0 saturated carbocycles. The number of anilines is 2. The van der Waals surface area contributed by atoms with Gasteiger partial charge < -0.3 is 10.6 Å². The third-order valence-corrected chi connectivity index (χ3v) is 4.13. The number of pyridine rings is 1. The molecule has 0 aliphatic heterocycles. The maximum absolute atomic E-state index is 12.8. The van der Waals surface area contributed by atoms with Gasteiger partial charge in [0.1, 0.15) is 5.69 Å². The number of amides is 2. The van der Waals surface area contributed by atoms with E-state index in [1.807, 2.05) is 6.92 Å². The molecule has 2 heterocycles. The Morgan fingerprint density at radius 3 is 2.56 bits per heavy atom. The van der Waals surface area contributed by atoms with Crippen molar-refractivity contribution in [2.75, 3.05) is 10.6 Å². The lowest BCUT2D eigenvalue weighted by atomic mass is 10.1. The van der Waals surface area contributed by atoms with Crippen LogP contribution < -0.4 is 10.6 Å². The summed E-state index contributed by atoms with van der Waals surface area (Å²) < 4.78 is 1.29. The molecule has 0 aliphatic rings. The van der Waals surface area contributed by atoms with Crippen LogP contribution in [-0.4, -0.2) is 26.6 Å². The number of aromatic nitrogens is 3. The number of aryl methyl sites for hydroxylation is 1. The summed E-state index contributed by atoms with van der Waals surface area (Å²) in [6.07, 6.45) is 1.55. The zero-order chi connectivity index (χ0) is 19.6. The van der Waals surface area contributed by atoms with E-state index in [1.165, 1.54) is 17.7 Å². The molecule has 7 nitrogen and oxygen atoms in total. The number of halogens is 2. The van der Waals surface area contributed by atoms with Crippen molar-refractivity contribution in [3.8, 4) is 5.82 Å². The fraction of sp³-hybridized carbons (Fsp3) is 0.111. The van der Waals surface area contributed by atoms with Crippen LogP contribution in [0.15, 0.2) is 42.6 Å². The third kappa shape index (κ3) is 4.27. The average molecular weight is 404 g/mol. The van der Waals surface area contributed by atoms with Crippen LogP contribution in [0.5, 0.6) is 0 Å². The SMILES string of the molecule is CC(=O)Nc1ccc(NC(=O)c2cc(Cl)nn2-c2ncccc2Cl)c(C)c1. The number of carbonyl (C=O) groups excluding carboxylic acids is 2. The maximum atomic E-state index is 12.8. The van der Waals surface area contributed by atoms with Crippen LogP contribution in [0.3, 0.4) is 0 Å². The zero-order valence-corrected chi connectivity index (χ0v) is 16.0. The van der Waals surface area contributed by atoms with E-state index in [-0.39, 0.29) is 16.8 Å². The van der Waals surface area contributed by atoms with Crippen molar-refractivity contribution in [2.24, 2.45) is 0 Å². The summed E-state index contributed by atoms with van der Waals surface area (Å²) in [6.45, 7) is 3.25. The lowest BCUT2D eigenvalue weighted by Crippen LogP contribution is -2.18. The van der Waals surface area contributed by atoms with Gasteiger partial charge in [0.05, 0.1) is 5.02 Å². The highest BCUT2D eigenvalue weighted by Crippen LogP contribution is 2.24. The van der Waals surface area contributed by atoms with Crippen molar-refractivity contribution in [3.63, 3.8) is 0 Å². The minimum atomic E-state index is -0.425. The van der Waals surface area contributed by atoms with Crippen LogP contribution in [0.1, 0.15) is 23.0 Å². The van der Waals surface area contributed by atoms with E-state index in [2.05, 4.69) is 20.7 Å². The second-order valence-electron chi connectivity index (χ2n) is 5.74. The Hall–Kier alpha value is -2.90. The molecule has 2 amide bonds. The van der Waals surface area contributed by atoms with Gasteiger partial charge in [-0.1, -0.05) is 23.2 Å². The molecular formula is C18H15Cl2N5O2. The first kappa shape index (κ1) is 18.9. The Labute approximate surface area is 165 Å². The normalized spacial score (nSPS) is 10.5. The molecule has 3 aromatic rings. The highest BCUT2D eigenvalue weighted by molar-refractivity contribution is 6.32. The summed E-state index contributed by atoms with van der Waals surface area (Å²) in [5, 5.41) is 10.1. The molecule has 0 atom stereocenters. The first-order chi connectivity index (χ1) is 12.8. The van der Waals surface area contributed by atoms with E-state index in [4.69, 9.17) is 23.2 Å². The van der Waals surface area contributed by atoms with Crippen molar-refractivity contribution in [1.29, 1.82) is 0 Å². The van der Waals surface area contributed by atoms with E-state index in [9.17, 15) is 9.59 Å². The highest BCUT2D eigenvalue weighted by atomic mass is 35.5. The molecule has 0 fully saturated rings. The number of nitrogens with one attached hydrogen (secondary N) is 2. The third-order valence-electron chi connectivity index (χ3n) is 3.65. The van der Waals surface area contributed by atoms with Crippen molar-refractivity contribution < 1.29 is 9.59 Å². The smallest absolute Gasteiger partial charge is 0.274 e. The minimum Gasteiger partial charge on any atom is -0.326 e. The summed E-state index contributed by atoms with van der Waals surface area (Å²) in [5.74, 6) is -0.294. The molecular weight excluding hydrogens is 389 g/mol. The van der Waals surface area contributed by atoms with Gasteiger partial charge in [-0.05, 0) is 42.8 Å². The fourth-order valence-electron chi connectivity index (χ4n) is 2.48. The molecule has 0 radical (unpaired) electrons. The van der Waals surface area contributed by atoms with E-state index in [0.717, 1.165) is 5.56 Å². The second kappa shape index (κ2) is 7.77. The summed E-state index contributed by atoms with van der Waals surface area (Å²) in [6, 6.07) is 9.92. The van der Waals surface area contributed by atoms with E-state index < -0.39 is 5.91 Å². The standard InChI is InChI=1S/C18H15Cl2N5O2/c1-10-8-12(22-11(2)26)5-6-14(10)23-18(27)15-9-16(20)24-25(15)17-13(19)4-3-7-21-17/h3-9H,1-2H3,(H,22,26)(H,23,27). The van der Waals surface area contributed by atoms with Gasteiger partial charge in [0.15, 0.2) is 11.0 Å². The first-order valence-corrected chi connectivity index (χ1v) is 8.67. The summed E-state index contributed by atoms with van der Waals surface area (Å²) in [4.78, 5) is 28.1. The topological polar surface area (TPSA) is 88.9 Å². The number of nitrogens with zero attached hydrogens (tertiary/aromatic N) is 3. The zero-order valence-electron chi connectivity index (χ0n) is 14.5. The van der Waals surface area contributed by atoms with Crippen LogP contribution >= 0.6 is 23.2 Å². The predicted octanol–water partition coefficient (Wildman–Crippen LogP) is 4.09. The summed E-state index contributed by atoms with van der Waals surface area (Å²) in [7, 11) is 0. The van der Waals surface area contributed by atoms with Crippen LogP contribution in [0.25, 0.3) is 5.82 Å². The number of carbonyl (C=O) groups is 2. The second-order valence-corrected chi connectivity index (χ2v) is 6.53. The molecule has 9 heteroatoms. The van der Waals surface area contributed by atoms with Gasteiger partial charge >= 0.3 is 0 Å². The van der Waals surface area contributed by atoms with Crippen molar-refractivity contribution in [1.82, 2.24) is 14.8 Å². The Morgan fingerprint density at radius 2 is 1.89 bits per heavy atom. The molecule has 0 unspecified atom stereocenters. The number of benzene rings is 1. The lowest BCUT2D eigenvalue weighted by molar-refractivity contribution is -0.114. The molecule has 138 valence electrons. The Morgan fingerprint density at radius 1 is 1.11 bits per heavy atom. The number of hydrogen-bond donors (Lipinski definition) is 2. The van der Waals surface area contributed by atoms with Gasteiger partial charge in [-0.3, -0.25) is 9.59 Å². The largest absolute Gasteiger partial charge is 0.326 e. The van der Waals surface area contributed by atoms with Crippen LogP contribution in [0.4, 0.5) is 11.4 Å². The molecule has 1 aromatic carbocycles. The highest BCUT2D eigenvalue weighted by Gasteiger charge is 2.19. The van der Waals surface area contributed by atoms with Gasteiger partial charge in [-0.25, -0.2) is 9.67 Å². The van der Waals surface area contributed by atoms with Crippen molar-refractivity contribution in [2.45, 2.75) is 13.8 Å². The Bertz CT molecular complexity index is 1030. The van der Waals surface area contributed by atoms with E-state index in [1.54, 1.807) is 36.5 Å². The Kier molecular flexibility index (Phi) is 5.43. The molecule has 27 heavy (non-hydrogen) atoms. The molecule has 2 N–H and O–H groups in total.